The molecule has 0 fully saturated rings. The normalized spacial score (nSPS) is 9.93. The molecule has 1 aromatic rings. The van der Waals surface area contributed by atoms with Crippen LogP contribution in [0.15, 0.2) is 24.3 Å². The van der Waals surface area contributed by atoms with Crippen molar-refractivity contribution in [1.29, 1.82) is 5.41 Å². The van der Waals surface area contributed by atoms with Crippen molar-refractivity contribution in [3.05, 3.63) is 35.4 Å². The predicted molar refractivity (Wildman–Crippen MR) is 60.9 cm³/mol. The van der Waals surface area contributed by atoms with Gasteiger partial charge in [-0.1, -0.05) is 29.8 Å². The standard InChI is InChI=1S/C12H18N2/c1-4-14(5-2)12(13)11-8-6-10(3)7-9-11/h6-9,13H,4-5H2,1-3H3. The van der Waals surface area contributed by atoms with Gasteiger partial charge in [0.25, 0.3) is 0 Å². The van der Waals surface area contributed by atoms with Gasteiger partial charge in [-0.15, -0.1) is 0 Å². The van der Waals surface area contributed by atoms with Crippen molar-refractivity contribution >= 4 is 5.84 Å². The van der Waals surface area contributed by atoms with E-state index in [0.717, 1.165) is 18.7 Å². The van der Waals surface area contributed by atoms with E-state index in [1.54, 1.807) is 0 Å². The monoisotopic (exact) mass is 190 g/mol. The van der Waals surface area contributed by atoms with E-state index in [1.807, 2.05) is 29.2 Å². The van der Waals surface area contributed by atoms with Crippen LogP contribution in [-0.4, -0.2) is 23.8 Å². The van der Waals surface area contributed by atoms with E-state index in [4.69, 9.17) is 5.41 Å². The molecule has 0 atom stereocenters. The minimum absolute atomic E-state index is 0.620. The van der Waals surface area contributed by atoms with Gasteiger partial charge in [0.15, 0.2) is 0 Å². The van der Waals surface area contributed by atoms with Crippen LogP contribution >= 0.6 is 0 Å². The maximum absolute atomic E-state index is 7.98. The molecule has 0 bridgehead atoms. The van der Waals surface area contributed by atoms with Crippen molar-refractivity contribution < 1.29 is 0 Å². The molecule has 0 saturated carbocycles. The Hall–Kier alpha value is -1.31. The second-order valence-electron chi connectivity index (χ2n) is 3.39. The lowest BCUT2D eigenvalue weighted by molar-refractivity contribution is 0.463. The molecule has 0 unspecified atom stereocenters. The molecule has 76 valence electrons. The number of nitrogens with zero attached hydrogens (tertiary/aromatic N) is 1. The number of hydrogen-bond acceptors (Lipinski definition) is 1. The van der Waals surface area contributed by atoms with Crippen molar-refractivity contribution in [1.82, 2.24) is 4.90 Å². The zero-order valence-electron chi connectivity index (χ0n) is 9.17. The number of amidine groups is 1. The van der Waals surface area contributed by atoms with Crippen LogP contribution in [0.1, 0.15) is 25.0 Å². The molecule has 2 nitrogen and oxygen atoms in total. The average molecular weight is 190 g/mol. The second-order valence-corrected chi connectivity index (χ2v) is 3.39. The molecule has 0 aliphatic heterocycles. The van der Waals surface area contributed by atoms with Gasteiger partial charge in [-0.25, -0.2) is 0 Å². The maximum atomic E-state index is 7.98. The summed E-state index contributed by atoms with van der Waals surface area (Å²) in [6.45, 7) is 8.00. The highest BCUT2D eigenvalue weighted by Crippen LogP contribution is 2.06. The molecule has 0 amide bonds. The van der Waals surface area contributed by atoms with Gasteiger partial charge in [0.1, 0.15) is 5.84 Å². The van der Waals surface area contributed by atoms with Gasteiger partial charge in [-0.3, -0.25) is 5.41 Å². The van der Waals surface area contributed by atoms with E-state index in [-0.39, 0.29) is 0 Å². The summed E-state index contributed by atoms with van der Waals surface area (Å²) in [5, 5.41) is 7.98. The largest absolute Gasteiger partial charge is 0.357 e. The molecule has 1 aromatic carbocycles. The number of rotatable bonds is 3. The lowest BCUT2D eigenvalue weighted by Crippen LogP contribution is -2.30. The summed E-state index contributed by atoms with van der Waals surface area (Å²) in [6.07, 6.45) is 0. The third kappa shape index (κ3) is 2.34. The fraction of sp³-hybridized carbons (Fsp3) is 0.417. The van der Waals surface area contributed by atoms with Gasteiger partial charge in [0.2, 0.25) is 0 Å². The Bertz CT molecular complexity index is 297. The molecule has 0 radical (unpaired) electrons. The molecule has 1 N–H and O–H groups in total. The van der Waals surface area contributed by atoms with Gasteiger partial charge in [0.05, 0.1) is 0 Å². The molecule has 0 heterocycles. The summed E-state index contributed by atoms with van der Waals surface area (Å²) in [5.74, 6) is 0.620. The Kier molecular flexibility index (Phi) is 3.69. The average Bonchev–Trinajstić information content (AvgIpc) is 2.20. The molecule has 14 heavy (non-hydrogen) atoms. The first-order valence-electron chi connectivity index (χ1n) is 5.09. The first-order valence-corrected chi connectivity index (χ1v) is 5.09. The molecule has 0 saturated heterocycles. The van der Waals surface area contributed by atoms with Crippen molar-refractivity contribution in [2.24, 2.45) is 0 Å². The number of aryl methyl sites for hydroxylation is 1. The lowest BCUT2D eigenvalue weighted by atomic mass is 10.1. The maximum Gasteiger partial charge on any atom is 0.128 e. The van der Waals surface area contributed by atoms with E-state index < -0.39 is 0 Å². The Morgan fingerprint density at radius 1 is 1.14 bits per heavy atom. The van der Waals surface area contributed by atoms with Gasteiger partial charge in [-0.05, 0) is 20.8 Å². The summed E-state index contributed by atoms with van der Waals surface area (Å²) in [6, 6.07) is 8.12. The number of benzene rings is 1. The molecule has 2 heteroatoms. The Balaban J connectivity index is 2.83. The van der Waals surface area contributed by atoms with E-state index in [0.29, 0.717) is 5.84 Å². The van der Waals surface area contributed by atoms with Crippen molar-refractivity contribution in [2.75, 3.05) is 13.1 Å². The summed E-state index contributed by atoms with van der Waals surface area (Å²) >= 11 is 0. The van der Waals surface area contributed by atoms with Crippen molar-refractivity contribution in [3.63, 3.8) is 0 Å². The first-order chi connectivity index (χ1) is 6.69. The molecule has 1 rings (SSSR count). The van der Waals surface area contributed by atoms with Crippen LogP contribution in [0.25, 0.3) is 0 Å². The Morgan fingerprint density at radius 3 is 2.07 bits per heavy atom. The Morgan fingerprint density at radius 2 is 1.64 bits per heavy atom. The van der Waals surface area contributed by atoms with Crippen LogP contribution in [0.4, 0.5) is 0 Å². The Labute approximate surface area is 86.1 Å². The lowest BCUT2D eigenvalue weighted by Gasteiger charge is -2.21. The highest BCUT2D eigenvalue weighted by molar-refractivity contribution is 5.96. The zero-order chi connectivity index (χ0) is 10.6. The second kappa shape index (κ2) is 4.80. The topological polar surface area (TPSA) is 27.1 Å². The van der Waals surface area contributed by atoms with Crippen LogP contribution < -0.4 is 0 Å². The predicted octanol–water partition coefficient (Wildman–Crippen LogP) is 2.66. The van der Waals surface area contributed by atoms with Gasteiger partial charge < -0.3 is 4.90 Å². The fourth-order valence-corrected chi connectivity index (χ4v) is 1.43. The molecule has 0 spiro atoms. The number of hydrogen-bond donors (Lipinski definition) is 1. The smallest absolute Gasteiger partial charge is 0.128 e. The molecule has 0 aromatic heterocycles. The summed E-state index contributed by atoms with van der Waals surface area (Å²) in [5.41, 5.74) is 2.24. The van der Waals surface area contributed by atoms with E-state index in [9.17, 15) is 0 Å². The highest BCUT2D eigenvalue weighted by Gasteiger charge is 2.06. The third-order valence-corrected chi connectivity index (χ3v) is 2.40. The third-order valence-electron chi connectivity index (χ3n) is 2.40. The van der Waals surface area contributed by atoms with Crippen LogP contribution in [0.2, 0.25) is 0 Å². The van der Waals surface area contributed by atoms with Gasteiger partial charge in [-0.2, -0.15) is 0 Å². The van der Waals surface area contributed by atoms with Crippen LogP contribution in [-0.2, 0) is 0 Å². The first kappa shape index (κ1) is 10.8. The van der Waals surface area contributed by atoms with E-state index in [2.05, 4.69) is 20.8 Å². The van der Waals surface area contributed by atoms with Gasteiger partial charge >= 0.3 is 0 Å². The number of nitrogens with one attached hydrogen (secondary N) is 1. The molecule has 0 aliphatic carbocycles. The SMILES string of the molecule is CCN(CC)C(=N)c1ccc(C)cc1. The van der Waals surface area contributed by atoms with Crippen molar-refractivity contribution in [3.8, 4) is 0 Å². The van der Waals surface area contributed by atoms with Crippen LogP contribution in [0.3, 0.4) is 0 Å². The van der Waals surface area contributed by atoms with E-state index in [1.165, 1.54) is 5.56 Å². The van der Waals surface area contributed by atoms with Crippen molar-refractivity contribution in [2.45, 2.75) is 20.8 Å². The summed E-state index contributed by atoms with van der Waals surface area (Å²) in [7, 11) is 0. The summed E-state index contributed by atoms with van der Waals surface area (Å²) in [4.78, 5) is 2.05. The minimum atomic E-state index is 0.620. The fourth-order valence-electron chi connectivity index (χ4n) is 1.43. The zero-order valence-corrected chi connectivity index (χ0v) is 9.17. The summed E-state index contributed by atoms with van der Waals surface area (Å²) < 4.78 is 0. The highest BCUT2D eigenvalue weighted by atomic mass is 15.1. The van der Waals surface area contributed by atoms with Crippen LogP contribution in [0, 0.1) is 12.3 Å². The minimum Gasteiger partial charge on any atom is -0.357 e. The molecule has 0 aliphatic rings. The quantitative estimate of drug-likeness (QED) is 0.576. The van der Waals surface area contributed by atoms with Gasteiger partial charge in [0, 0.05) is 18.7 Å². The molecular formula is C12H18N2. The van der Waals surface area contributed by atoms with Crippen LogP contribution in [0.5, 0.6) is 0 Å². The molecular weight excluding hydrogens is 172 g/mol. The van der Waals surface area contributed by atoms with E-state index >= 15 is 0 Å².